The molecular formula is C54H35N3. The fourth-order valence-electron chi connectivity index (χ4n) is 9.30. The Morgan fingerprint density at radius 1 is 0.228 bits per heavy atom. The van der Waals surface area contributed by atoms with Crippen molar-refractivity contribution in [1.29, 1.82) is 0 Å². The van der Waals surface area contributed by atoms with Gasteiger partial charge in [0.05, 0.1) is 33.1 Å². The molecule has 9 aromatic carbocycles. The summed E-state index contributed by atoms with van der Waals surface area (Å²) in [6.45, 7) is 0. The Bertz CT molecular complexity index is 3470. The number of aromatic nitrogens is 3. The normalized spacial score (nSPS) is 11.9. The van der Waals surface area contributed by atoms with Gasteiger partial charge in [0.1, 0.15) is 0 Å². The Labute approximate surface area is 329 Å². The lowest BCUT2D eigenvalue weighted by atomic mass is 10.0. The Balaban J connectivity index is 1.02. The van der Waals surface area contributed by atoms with Crippen molar-refractivity contribution in [2.45, 2.75) is 0 Å². The summed E-state index contributed by atoms with van der Waals surface area (Å²) < 4.78 is 7.27. The monoisotopic (exact) mass is 725 g/mol. The van der Waals surface area contributed by atoms with Gasteiger partial charge in [-0.15, -0.1) is 0 Å². The molecule has 0 bridgehead atoms. The van der Waals surface area contributed by atoms with E-state index in [4.69, 9.17) is 0 Å². The molecule has 0 aliphatic heterocycles. The lowest BCUT2D eigenvalue weighted by molar-refractivity contribution is 1.17. The second kappa shape index (κ2) is 12.5. The summed E-state index contributed by atoms with van der Waals surface area (Å²) >= 11 is 0. The van der Waals surface area contributed by atoms with Crippen molar-refractivity contribution in [3.63, 3.8) is 0 Å². The molecule has 0 aliphatic rings. The first-order valence-electron chi connectivity index (χ1n) is 19.6. The number of hydrogen-bond acceptors (Lipinski definition) is 0. The van der Waals surface area contributed by atoms with Gasteiger partial charge in [0.25, 0.3) is 0 Å². The summed E-state index contributed by atoms with van der Waals surface area (Å²) in [6, 6.07) is 77.3. The molecular weight excluding hydrogens is 691 g/mol. The van der Waals surface area contributed by atoms with E-state index in [2.05, 4.69) is 226 Å². The van der Waals surface area contributed by atoms with E-state index >= 15 is 0 Å². The lowest BCUT2D eigenvalue weighted by Gasteiger charge is -2.12. The molecule has 0 spiro atoms. The number of nitrogens with zero attached hydrogens (tertiary/aromatic N) is 3. The van der Waals surface area contributed by atoms with Crippen LogP contribution in [0.25, 0.3) is 105 Å². The standard InChI is InChI=1S/C54H35N3/c1-3-13-36(14-4-1)37-23-30-42(31-24-37)57-49-21-11-7-17-43(49)45-32-34-52-53(54(45)57)46-19-9-12-22-50(46)56(52)41-28-25-38(26-29-41)39-27-33-51-47(35-39)44-18-8-10-20-48(44)55(51)40-15-5-2-6-16-40/h1-35H. The van der Waals surface area contributed by atoms with Crippen molar-refractivity contribution in [1.82, 2.24) is 13.7 Å². The van der Waals surface area contributed by atoms with Crippen LogP contribution in [0.2, 0.25) is 0 Å². The molecule has 12 rings (SSSR count). The van der Waals surface area contributed by atoms with Crippen LogP contribution >= 0.6 is 0 Å². The van der Waals surface area contributed by atoms with Crippen LogP contribution in [0.15, 0.2) is 212 Å². The molecule has 3 heterocycles. The van der Waals surface area contributed by atoms with Crippen molar-refractivity contribution >= 4 is 65.4 Å². The third-order valence-electron chi connectivity index (χ3n) is 11.8. The zero-order valence-electron chi connectivity index (χ0n) is 31.0. The van der Waals surface area contributed by atoms with E-state index in [-0.39, 0.29) is 0 Å². The first-order chi connectivity index (χ1) is 28.3. The van der Waals surface area contributed by atoms with Gasteiger partial charge in [-0.05, 0) is 95.1 Å². The maximum atomic E-state index is 2.46. The number of rotatable bonds is 5. The quantitative estimate of drug-likeness (QED) is 0.168. The molecule has 3 aromatic heterocycles. The van der Waals surface area contributed by atoms with Gasteiger partial charge in [0, 0.05) is 49.4 Å². The predicted octanol–water partition coefficient (Wildman–Crippen LogP) is 14.3. The average molecular weight is 726 g/mol. The molecule has 0 radical (unpaired) electrons. The Morgan fingerprint density at radius 2 is 0.649 bits per heavy atom. The second-order valence-electron chi connectivity index (χ2n) is 14.9. The summed E-state index contributed by atoms with van der Waals surface area (Å²) in [7, 11) is 0. The van der Waals surface area contributed by atoms with Gasteiger partial charge in [-0.1, -0.05) is 140 Å². The maximum Gasteiger partial charge on any atom is 0.0641 e. The number of fused-ring (bicyclic) bond motifs is 10. The molecule has 3 heteroatoms. The van der Waals surface area contributed by atoms with Crippen LogP contribution in [0.1, 0.15) is 0 Å². The van der Waals surface area contributed by atoms with Gasteiger partial charge in [-0.25, -0.2) is 0 Å². The molecule has 0 unspecified atom stereocenters. The first-order valence-corrected chi connectivity index (χ1v) is 19.6. The SMILES string of the molecule is c1ccc(-c2ccc(-n3c4ccccc4c4ccc5c(c6ccccc6n5-c5ccc(-c6ccc7c(c6)c6ccccc6n7-c6ccccc6)cc5)c43)cc2)cc1. The van der Waals surface area contributed by atoms with E-state index in [1.54, 1.807) is 0 Å². The van der Waals surface area contributed by atoms with Crippen LogP contribution in [0.5, 0.6) is 0 Å². The van der Waals surface area contributed by atoms with Gasteiger partial charge in [0.2, 0.25) is 0 Å². The van der Waals surface area contributed by atoms with Crippen LogP contribution in [0, 0.1) is 0 Å². The van der Waals surface area contributed by atoms with Crippen LogP contribution in [0.3, 0.4) is 0 Å². The number of benzene rings is 9. The molecule has 0 atom stereocenters. The van der Waals surface area contributed by atoms with Crippen molar-refractivity contribution in [3.05, 3.63) is 212 Å². The molecule has 3 nitrogen and oxygen atoms in total. The summed E-state index contributed by atoms with van der Waals surface area (Å²) in [5.74, 6) is 0. The van der Waals surface area contributed by atoms with Gasteiger partial charge in [-0.3, -0.25) is 0 Å². The van der Waals surface area contributed by atoms with E-state index in [9.17, 15) is 0 Å². The van der Waals surface area contributed by atoms with E-state index in [1.807, 2.05) is 0 Å². The smallest absolute Gasteiger partial charge is 0.0641 e. The fraction of sp³-hybridized carbons (Fsp3) is 0. The summed E-state index contributed by atoms with van der Waals surface area (Å²) in [4.78, 5) is 0. The highest BCUT2D eigenvalue weighted by atomic mass is 15.0. The van der Waals surface area contributed by atoms with E-state index in [1.165, 1.54) is 93.4 Å². The Hall–Kier alpha value is -7.62. The second-order valence-corrected chi connectivity index (χ2v) is 14.9. The maximum absolute atomic E-state index is 2.46. The fourth-order valence-corrected chi connectivity index (χ4v) is 9.30. The molecule has 0 fully saturated rings. The molecule has 0 saturated heterocycles. The highest BCUT2D eigenvalue weighted by Gasteiger charge is 2.21. The Morgan fingerprint density at radius 3 is 1.33 bits per heavy atom. The summed E-state index contributed by atoms with van der Waals surface area (Å²) in [6.07, 6.45) is 0. The van der Waals surface area contributed by atoms with Crippen molar-refractivity contribution in [2.24, 2.45) is 0 Å². The van der Waals surface area contributed by atoms with Gasteiger partial charge in [0.15, 0.2) is 0 Å². The highest BCUT2D eigenvalue weighted by molar-refractivity contribution is 6.26. The highest BCUT2D eigenvalue weighted by Crippen LogP contribution is 2.42. The third-order valence-corrected chi connectivity index (χ3v) is 11.8. The Kier molecular flexibility index (Phi) is 6.93. The van der Waals surface area contributed by atoms with Crippen LogP contribution in [-0.2, 0) is 0 Å². The van der Waals surface area contributed by atoms with Crippen LogP contribution in [-0.4, -0.2) is 13.7 Å². The van der Waals surface area contributed by atoms with Crippen molar-refractivity contribution < 1.29 is 0 Å². The van der Waals surface area contributed by atoms with E-state index in [0.717, 1.165) is 11.4 Å². The lowest BCUT2D eigenvalue weighted by Crippen LogP contribution is -1.95. The van der Waals surface area contributed by atoms with E-state index in [0.29, 0.717) is 0 Å². The largest absolute Gasteiger partial charge is 0.309 e. The zero-order chi connectivity index (χ0) is 37.5. The molecule has 57 heavy (non-hydrogen) atoms. The molecule has 12 aromatic rings. The molecule has 0 saturated carbocycles. The summed E-state index contributed by atoms with van der Waals surface area (Å²) in [5.41, 5.74) is 15.5. The van der Waals surface area contributed by atoms with Crippen molar-refractivity contribution in [3.8, 4) is 39.3 Å². The molecule has 0 aliphatic carbocycles. The minimum atomic E-state index is 1.14. The molecule has 266 valence electrons. The average Bonchev–Trinajstić information content (AvgIpc) is 3.93. The van der Waals surface area contributed by atoms with E-state index < -0.39 is 0 Å². The van der Waals surface area contributed by atoms with Crippen molar-refractivity contribution in [2.75, 3.05) is 0 Å². The van der Waals surface area contributed by atoms with Gasteiger partial charge in [-0.2, -0.15) is 0 Å². The number of para-hydroxylation sites is 4. The third kappa shape index (κ3) is 4.79. The zero-order valence-corrected chi connectivity index (χ0v) is 31.0. The van der Waals surface area contributed by atoms with Crippen LogP contribution in [0.4, 0.5) is 0 Å². The molecule has 0 amide bonds. The minimum Gasteiger partial charge on any atom is -0.309 e. The van der Waals surface area contributed by atoms with Gasteiger partial charge < -0.3 is 13.7 Å². The predicted molar refractivity (Wildman–Crippen MR) is 240 cm³/mol. The topological polar surface area (TPSA) is 14.8 Å². The number of hydrogen-bond donors (Lipinski definition) is 0. The summed E-state index contributed by atoms with van der Waals surface area (Å²) in [5, 5.41) is 7.53. The minimum absolute atomic E-state index is 1.14. The molecule has 0 N–H and O–H groups in total. The van der Waals surface area contributed by atoms with Crippen LogP contribution < -0.4 is 0 Å². The first kappa shape index (κ1) is 31.7. The van der Waals surface area contributed by atoms with Gasteiger partial charge >= 0.3 is 0 Å².